The third-order valence-electron chi connectivity index (χ3n) is 4.52. The van der Waals surface area contributed by atoms with Crippen LogP contribution < -0.4 is 5.73 Å². The van der Waals surface area contributed by atoms with Crippen molar-refractivity contribution in [1.82, 2.24) is 14.9 Å². The molecule has 22 heavy (non-hydrogen) atoms. The second-order valence-electron chi connectivity index (χ2n) is 6.00. The largest absolute Gasteiger partial charge is 0.445 e. The number of aromatic nitrogens is 2. The van der Waals surface area contributed by atoms with Crippen molar-refractivity contribution in [2.75, 3.05) is 12.3 Å². The van der Waals surface area contributed by atoms with Crippen LogP contribution >= 0.6 is 0 Å². The summed E-state index contributed by atoms with van der Waals surface area (Å²) in [7, 11) is 0. The van der Waals surface area contributed by atoms with Crippen molar-refractivity contribution in [3.05, 3.63) is 41.2 Å². The monoisotopic (exact) mass is 298 g/mol. The quantitative estimate of drug-likeness (QED) is 0.918. The fourth-order valence-electron chi connectivity index (χ4n) is 2.94. The summed E-state index contributed by atoms with van der Waals surface area (Å²) in [6.07, 6.45) is 5.84. The first-order valence-electron chi connectivity index (χ1n) is 7.70. The molecule has 6 heteroatoms. The molecule has 1 amide bonds. The third-order valence-corrected chi connectivity index (χ3v) is 4.52. The van der Waals surface area contributed by atoms with Crippen LogP contribution in [0.5, 0.6) is 0 Å². The smallest absolute Gasteiger partial charge is 0.255 e. The number of nitrogens with two attached hydrogens (primary N) is 1. The minimum absolute atomic E-state index is 0.0358. The molecule has 0 bridgehead atoms. The Kier molecular flexibility index (Phi) is 3.10. The van der Waals surface area contributed by atoms with E-state index in [1.807, 2.05) is 0 Å². The fourth-order valence-corrected chi connectivity index (χ4v) is 2.94. The van der Waals surface area contributed by atoms with Gasteiger partial charge < -0.3 is 15.1 Å². The first-order valence-corrected chi connectivity index (χ1v) is 7.70. The van der Waals surface area contributed by atoms with Crippen molar-refractivity contribution in [2.45, 2.75) is 38.1 Å². The van der Waals surface area contributed by atoms with Crippen LogP contribution in [0.25, 0.3) is 0 Å². The maximum absolute atomic E-state index is 12.5. The van der Waals surface area contributed by atoms with Gasteiger partial charge in [0.15, 0.2) is 5.89 Å². The molecule has 6 nitrogen and oxygen atoms in total. The van der Waals surface area contributed by atoms with E-state index < -0.39 is 0 Å². The van der Waals surface area contributed by atoms with E-state index in [9.17, 15) is 4.79 Å². The molecule has 0 aromatic carbocycles. The van der Waals surface area contributed by atoms with Crippen LogP contribution in [0.2, 0.25) is 0 Å². The number of hydrogen-bond donors (Lipinski definition) is 1. The highest BCUT2D eigenvalue weighted by atomic mass is 16.4. The summed E-state index contributed by atoms with van der Waals surface area (Å²) in [5.74, 6) is 2.67. The Hall–Kier alpha value is -2.37. The number of pyridine rings is 1. The first kappa shape index (κ1) is 13.3. The molecule has 1 aliphatic heterocycles. The van der Waals surface area contributed by atoms with Crippen molar-refractivity contribution in [3.8, 4) is 0 Å². The lowest BCUT2D eigenvalue weighted by Gasteiger charge is -2.25. The zero-order chi connectivity index (χ0) is 15.1. The van der Waals surface area contributed by atoms with Crippen LogP contribution in [-0.4, -0.2) is 27.3 Å². The molecule has 2 aromatic rings. The normalized spacial score (nSPS) is 17.9. The lowest BCUT2D eigenvalue weighted by molar-refractivity contribution is 0.0727. The molecule has 2 N–H and O–H groups in total. The number of hydrogen-bond acceptors (Lipinski definition) is 5. The summed E-state index contributed by atoms with van der Waals surface area (Å²) in [4.78, 5) is 22.9. The Morgan fingerprint density at radius 1 is 1.36 bits per heavy atom. The second-order valence-corrected chi connectivity index (χ2v) is 6.00. The Bertz CT molecular complexity index is 703. The summed E-state index contributed by atoms with van der Waals surface area (Å²) < 4.78 is 5.88. The number of amides is 1. The van der Waals surface area contributed by atoms with E-state index >= 15 is 0 Å². The molecule has 3 heterocycles. The Balaban J connectivity index is 1.52. The van der Waals surface area contributed by atoms with Gasteiger partial charge in [0, 0.05) is 25.1 Å². The highest BCUT2D eigenvalue weighted by molar-refractivity contribution is 5.94. The third kappa shape index (κ3) is 2.24. The zero-order valence-electron chi connectivity index (χ0n) is 12.3. The van der Waals surface area contributed by atoms with E-state index in [0.29, 0.717) is 30.4 Å². The highest BCUT2D eigenvalue weighted by Crippen LogP contribution is 2.37. The molecule has 0 radical (unpaired) electrons. The molecule has 1 aliphatic carbocycles. The van der Waals surface area contributed by atoms with Crippen molar-refractivity contribution < 1.29 is 9.21 Å². The number of carbonyl (C=O) groups excluding carboxylic acids is 1. The van der Waals surface area contributed by atoms with Gasteiger partial charge in [-0.3, -0.25) is 4.79 Å². The number of rotatable bonds is 2. The molecular weight excluding hydrogens is 280 g/mol. The molecule has 1 fully saturated rings. The highest BCUT2D eigenvalue weighted by Gasteiger charge is 2.30. The predicted octanol–water partition coefficient (Wildman–Crippen LogP) is 2.12. The maximum Gasteiger partial charge on any atom is 0.255 e. The lowest BCUT2D eigenvalue weighted by atomic mass is 9.85. The standard InChI is InChI=1S/C16H18N4O2/c17-14-5-4-11(8-18-14)16(21)20-7-6-13-12(9-20)19-15(22-13)10-2-1-3-10/h4-5,8,10H,1-3,6-7,9H2,(H2,17,18). The van der Waals surface area contributed by atoms with E-state index in [1.54, 1.807) is 17.0 Å². The molecule has 0 spiro atoms. The van der Waals surface area contributed by atoms with Gasteiger partial charge in [-0.2, -0.15) is 0 Å². The molecule has 114 valence electrons. The minimum atomic E-state index is -0.0358. The van der Waals surface area contributed by atoms with Crippen molar-refractivity contribution >= 4 is 11.7 Å². The van der Waals surface area contributed by atoms with Gasteiger partial charge in [0.1, 0.15) is 17.3 Å². The molecule has 0 unspecified atom stereocenters. The van der Waals surface area contributed by atoms with E-state index in [4.69, 9.17) is 10.2 Å². The van der Waals surface area contributed by atoms with Crippen LogP contribution in [0, 0.1) is 0 Å². The van der Waals surface area contributed by atoms with Gasteiger partial charge in [0.2, 0.25) is 0 Å². The average molecular weight is 298 g/mol. The van der Waals surface area contributed by atoms with E-state index in [-0.39, 0.29) is 5.91 Å². The van der Waals surface area contributed by atoms with Crippen LogP contribution in [0.15, 0.2) is 22.7 Å². The topological polar surface area (TPSA) is 85.3 Å². The van der Waals surface area contributed by atoms with Crippen LogP contribution in [0.1, 0.15) is 52.9 Å². The maximum atomic E-state index is 12.5. The van der Waals surface area contributed by atoms with Gasteiger partial charge in [0.25, 0.3) is 5.91 Å². The van der Waals surface area contributed by atoms with Gasteiger partial charge in [-0.25, -0.2) is 9.97 Å². The second kappa shape index (κ2) is 5.12. The predicted molar refractivity (Wildman–Crippen MR) is 80.2 cm³/mol. The minimum Gasteiger partial charge on any atom is -0.445 e. The van der Waals surface area contributed by atoms with Gasteiger partial charge in [-0.05, 0) is 25.0 Å². The Morgan fingerprint density at radius 2 is 2.23 bits per heavy atom. The summed E-state index contributed by atoms with van der Waals surface area (Å²) in [5.41, 5.74) is 7.02. The Morgan fingerprint density at radius 3 is 2.91 bits per heavy atom. The fraction of sp³-hybridized carbons (Fsp3) is 0.438. The summed E-state index contributed by atoms with van der Waals surface area (Å²) in [5, 5.41) is 0. The number of carbonyl (C=O) groups is 1. The molecule has 1 saturated carbocycles. The van der Waals surface area contributed by atoms with E-state index in [1.165, 1.54) is 25.5 Å². The molecular formula is C16H18N4O2. The molecule has 0 atom stereocenters. The van der Waals surface area contributed by atoms with E-state index in [2.05, 4.69) is 9.97 Å². The molecule has 4 rings (SSSR count). The van der Waals surface area contributed by atoms with Gasteiger partial charge in [-0.1, -0.05) is 6.42 Å². The SMILES string of the molecule is Nc1ccc(C(=O)N2CCc3oc(C4CCC4)nc3C2)cn1. The molecule has 0 saturated heterocycles. The summed E-state index contributed by atoms with van der Waals surface area (Å²) in [6, 6.07) is 3.36. The molecule has 2 aromatic heterocycles. The summed E-state index contributed by atoms with van der Waals surface area (Å²) in [6.45, 7) is 1.16. The van der Waals surface area contributed by atoms with Gasteiger partial charge in [-0.15, -0.1) is 0 Å². The number of fused-ring (bicyclic) bond motifs is 1. The van der Waals surface area contributed by atoms with Crippen LogP contribution in [0.4, 0.5) is 5.82 Å². The number of nitrogen functional groups attached to an aromatic ring is 1. The van der Waals surface area contributed by atoms with Crippen molar-refractivity contribution in [3.63, 3.8) is 0 Å². The van der Waals surface area contributed by atoms with E-state index in [0.717, 1.165) is 23.8 Å². The van der Waals surface area contributed by atoms with Crippen molar-refractivity contribution in [2.24, 2.45) is 0 Å². The van der Waals surface area contributed by atoms with Gasteiger partial charge >= 0.3 is 0 Å². The lowest BCUT2D eigenvalue weighted by Crippen LogP contribution is -2.35. The number of oxazole rings is 1. The Labute approximate surface area is 128 Å². The molecule has 2 aliphatic rings. The summed E-state index contributed by atoms with van der Waals surface area (Å²) >= 11 is 0. The first-order chi connectivity index (χ1) is 10.7. The van der Waals surface area contributed by atoms with Crippen LogP contribution in [0.3, 0.4) is 0 Å². The number of nitrogens with zero attached hydrogens (tertiary/aromatic N) is 3. The van der Waals surface area contributed by atoms with Crippen molar-refractivity contribution in [1.29, 1.82) is 0 Å². The van der Waals surface area contributed by atoms with Gasteiger partial charge in [0.05, 0.1) is 12.1 Å². The zero-order valence-corrected chi connectivity index (χ0v) is 12.3. The average Bonchev–Trinajstić information content (AvgIpc) is 2.87. The van der Waals surface area contributed by atoms with Crippen LogP contribution in [-0.2, 0) is 13.0 Å². The number of anilines is 1.